The summed E-state index contributed by atoms with van der Waals surface area (Å²) < 4.78 is 10.6. The maximum Gasteiger partial charge on any atom is 0.326 e. The van der Waals surface area contributed by atoms with Crippen molar-refractivity contribution < 1.29 is 33.8 Å². The van der Waals surface area contributed by atoms with E-state index in [1.807, 2.05) is 0 Å². The Morgan fingerprint density at radius 2 is 1.50 bits per heavy atom. The summed E-state index contributed by atoms with van der Waals surface area (Å²) in [6, 6.07) is -1.08. The Labute approximate surface area is 165 Å². The molecule has 10 nitrogen and oxygen atoms in total. The molecule has 1 atom stereocenters. The van der Waals surface area contributed by atoms with Crippen LogP contribution in [-0.4, -0.2) is 74.4 Å². The van der Waals surface area contributed by atoms with Crippen molar-refractivity contribution in [2.45, 2.75) is 52.0 Å². The molecular weight excluding hydrogens is 370 g/mol. The van der Waals surface area contributed by atoms with Crippen LogP contribution in [0.25, 0.3) is 0 Å². The Kier molecular flexibility index (Phi) is 15.6. The minimum atomic E-state index is -1.18. The number of hydrogen-bond donors (Lipinski definition) is 4. The molecule has 0 saturated carbocycles. The molecule has 28 heavy (non-hydrogen) atoms. The zero-order valence-corrected chi connectivity index (χ0v) is 16.8. The molecule has 162 valence electrons. The summed E-state index contributed by atoms with van der Waals surface area (Å²) >= 11 is 0. The molecule has 0 fully saturated rings. The molecule has 0 aliphatic heterocycles. The van der Waals surface area contributed by atoms with E-state index < -0.39 is 17.9 Å². The maximum absolute atomic E-state index is 11.7. The maximum atomic E-state index is 11.7. The van der Waals surface area contributed by atoms with Gasteiger partial charge < -0.3 is 30.5 Å². The molecule has 10 heteroatoms. The van der Waals surface area contributed by atoms with Gasteiger partial charge >= 0.3 is 5.97 Å². The van der Waals surface area contributed by atoms with Crippen LogP contribution in [0.5, 0.6) is 0 Å². The van der Waals surface area contributed by atoms with Crippen molar-refractivity contribution in [3.05, 3.63) is 0 Å². The largest absolute Gasteiger partial charge is 0.480 e. The van der Waals surface area contributed by atoms with Gasteiger partial charge in [0, 0.05) is 32.9 Å². The number of unbranched alkanes of at least 4 members (excludes halogenated alkanes) is 1. The van der Waals surface area contributed by atoms with E-state index in [0.29, 0.717) is 39.4 Å². The molecule has 0 aliphatic carbocycles. The van der Waals surface area contributed by atoms with Gasteiger partial charge in [0.15, 0.2) is 0 Å². The quantitative estimate of drug-likeness (QED) is 0.247. The molecule has 0 bridgehead atoms. The predicted molar refractivity (Wildman–Crippen MR) is 102 cm³/mol. The summed E-state index contributed by atoms with van der Waals surface area (Å²) in [5, 5.41) is 16.6. The van der Waals surface area contributed by atoms with Crippen molar-refractivity contribution in [2.75, 3.05) is 39.5 Å². The first-order valence-electron chi connectivity index (χ1n) is 9.55. The fourth-order valence-corrected chi connectivity index (χ4v) is 2.11. The van der Waals surface area contributed by atoms with Gasteiger partial charge in [0.25, 0.3) is 0 Å². The number of carboxylic acid groups (broad SMARTS) is 1. The van der Waals surface area contributed by atoms with Gasteiger partial charge in [-0.2, -0.15) is 0 Å². The van der Waals surface area contributed by atoms with Gasteiger partial charge in [0.2, 0.25) is 17.7 Å². The summed E-state index contributed by atoms with van der Waals surface area (Å²) in [5.41, 5.74) is 0. The molecule has 0 radical (unpaired) electrons. The van der Waals surface area contributed by atoms with Crippen molar-refractivity contribution in [3.8, 4) is 0 Å². The van der Waals surface area contributed by atoms with Gasteiger partial charge in [0.05, 0.1) is 26.4 Å². The van der Waals surface area contributed by atoms with Crippen molar-refractivity contribution in [3.63, 3.8) is 0 Å². The van der Waals surface area contributed by atoms with Crippen LogP contribution >= 0.6 is 0 Å². The van der Waals surface area contributed by atoms with Crippen LogP contribution < -0.4 is 16.0 Å². The highest BCUT2D eigenvalue weighted by Gasteiger charge is 2.19. The Morgan fingerprint density at radius 1 is 0.893 bits per heavy atom. The second-order valence-electron chi connectivity index (χ2n) is 6.16. The molecule has 0 aromatic rings. The zero-order chi connectivity index (χ0) is 21.2. The smallest absolute Gasteiger partial charge is 0.326 e. The number of hydrogen-bond acceptors (Lipinski definition) is 6. The highest BCUT2D eigenvalue weighted by Crippen LogP contribution is 1.98. The predicted octanol–water partition coefficient (Wildman–Crippen LogP) is -0.188. The highest BCUT2D eigenvalue weighted by atomic mass is 16.5. The summed E-state index contributed by atoms with van der Waals surface area (Å²) in [6.07, 6.45) is 2.32. The number of nitrogens with one attached hydrogen (secondary N) is 3. The van der Waals surface area contributed by atoms with E-state index in [1.165, 1.54) is 6.92 Å². The Morgan fingerprint density at radius 3 is 2.11 bits per heavy atom. The average molecular weight is 403 g/mol. The number of ether oxygens (including phenoxy) is 2. The number of carboxylic acids is 1. The van der Waals surface area contributed by atoms with Crippen LogP contribution in [0, 0.1) is 0 Å². The van der Waals surface area contributed by atoms with Crippen LogP contribution in [0.3, 0.4) is 0 Å². The van der Waals surface area contributed by atoms with E-state index in [-0.39, 0.29) is 31.2 Å². The van der Waals surface area contributed by atoms with Crippen LogP contribution in [0.4, 0.5) is 0 Å². The molecule has 0 aliphatic rings. The van der Waals surface area contributed by atoms with Crippen molar-refractivity contribution in [1.82, 2.24) is 16.0 Å². The van der Waals surface area contributed by atoms with E-state index in [0.717, 1.165) is 12.8 Å². The topological polar surface area (TPSA) is 143 Å². The fraction of sp³-hybridized carbons (Fsp3) is 0.778. The second-order valence-corrected chi connectivity index (χ2v) is 6.16. The van der Waals surface area contributed by atoms with E-state index in [4.69, 9.17) is 14.6 Å². The number of amides is 3. The van der Waals surface area contributed by atoms with Crippen LogP contribution in [0.2, 0.25) is 0 Å². The number of rotatable bonds is 17. The monoisotopic (exact) mass is 403 g/mol. The minimum absolute atomic E-state index is 0.0132. The third kappa shape index (κ3) is 16.0. The third-order valence-corrected chi connectivity index (χ3v) is 3.60. The van der Waals surface area contributed by atoms with Crippen molar-refractivity contribution >= 4 is 23.7 Å². The number of aliphatic carboxylic acids is 1. The molecule has 0 spiro atoms. The standard InChI is InChI=1S/C18H33N3O7/c1-3-4-8-19-17(24)7-10-27-12-13-28-11-9-20-16(23)6-5-15(18(25)26)21-14(2)22/h15H,3-13H2,1-2H3,(H,19,24)(H,20,23)(H,21,22)(H,25,26)/t15-/m0/s1. The van der Waals surface area contributed by atoms with Crippen LogP contribution in [-0.2, 0) is 28.7 Å². The Hall–Kier alpha value is -2.20. The van der Waals surface area contributed by atoms with E-state index in [9.17, 15) is 19.2 Å². The Bertz CT molecular complexity index is 486. The average Bonchev–Trinajstić information content (AvgIpc) is 2.63. The summed E-state index contributed by atoms with van der Waals surface area (Å²) in [7, 11) is 0. The molecule has 0 unspecified atom stereocenters. The SMILES string of the molecule is CCCCNC(=O)CCOCCOCCNC(=O)CC[C@H](NC(C)=O)C(=O)O. The lowest BCUT2D eigenvalue weighted by Crippen LogP contribution is -2.40. The normalized spacial score (nSPS) is 11.5. The van der Waals surface area contributed by atoms with Crippen LogP contribution in [0.15, 0.2) is 0 Å². The summed E-state index contributed by atoms with van der Waals surface area (Å²) in [6.45, 7) is 5.58. The van der Waals surface area contributed by atoms with Gasteiger partial charge in [-0.1, -0.05) is 13.3 Å². The lowest BCUT2D eigenvalue weighted by Gasteiger charge is -2.13. The van der Waals surface area contributed by atoms with Crippen molar-refractivity contribution in [1.29, 1.82) is 0 Å². The third-order valence-electron chi connectivity index (χ3n) is 3.60. The van der Waals surface area contributed by atoms with Gasteiger partial charge in [-0.3, -0.25) is 14.4 Å². The lowest BCUT2D eigenvalue weighted by molar-refractivity contribution is -0.141. The molecule has 0 saturated heterocycles. The first-order chi connectivity index (χ1) is 13.4. The highest BCUT2D eigenvalue weighted by molar-refractivity contribution is 5.83. The van der Waals surface area contributed by atoms with Gasteiger partial charge in [-0.25, -0.2) is 4.79 Å². The number of carbonyl (C=O) groups excluding carboxylic acids is 3. The van der Waals surface area contributed by atoms with E-state index in [1.54, 1.807) is 0 Å². The molecule has 0 aromatic heterocycles. The first-order valence-corrected chi connectivity index (χ1v) is 9.55. The molecule has 3 amide bonds. The van der Waals surface area contributed by atoms with E-state index in [2.05, 4.69) is 22.9 Å². The number of carbonyl (C=O) groups is 4. The Balaban J connectivity index is 3.55. The fourth-order valence-electron chi connectivity index (χ4n) is 2.11. The van der Waals surface area contributed by atoms with E-state index >= 15 is 0 Å². The molecule has 0 rings (SSSR count). The molecule has 4 N–H and O–H groups in total. The van der Waals surface area contributed by atoms with Gasteiger partial charge in [-0.15, -0.1) is 0 Å². The zero-order valence-electron chi connectivity index (χ0n) is 16.8. The van der Waals surface area contributed by atoms with Crippen molar-refractivity contribution in [2.24, 2.45) is 0 Å². The molecule has 0 aromatic carbocycles. The minimum Gasteiger partial charge on any atom is -0.480 e. The molecule has 0 heterocycles. The van der Waals surface area contributed by atoms with Gasteiger partial charge in [0.1, 0.15) is 6.04 Å². The summed E-state index contributed by atoms with van der Waals surface area (Å²) in [5.74, 6) is -1.98. The summed E-state index contributed by atoms with van der Waals surface area (Å²) in [4.78, 5) is 44.9. The second kappa shape index (κ2) is 16.9. The lowest BCUT2D eigenvalue weighted by atomic mass is 10.1. The van der Waals surface area contributed by atoms with Gasteiger partial charge in [-0.05, 0) is 12.8 Å². The molecular formula is C18H33N3O7. The first kappa shape index (κ1) is 25.8. The van der Waals surface area contributed by atoms with Crippen LogP contribution in [0.1, 0.15) is 46.0 Å².